The van der Waals surface area contributed by atoms with Gasteiger partial charge in [0.1, 0.15) is 0 Å². The van der Waals surface area contributed by atoms with Crippen LogP contribution in [0.15, 0.2) is 9.93 Å². The van der Waals surface area contributed by atoms with E-state index in [1.807, 2.05) is 11.9 Å². The monoisotopic (exact) mass is 275 g/mol. The van der Waals surface area contributed by atoms with Crippen LogP contribution < -0.4 is 5.32 Å². The third-order valence-corrected chi connectivity index (χ3v) is 3.25. The second kappa shape index (κ2) is 5.83. The van der Waals surface area contributed by atoms with Gasteiger partial charge in [-0.05, 0) is 0 Å². The molecule has 14 heavy (non-hydrogen) atoms. The minimum absolute atomic E-state index is 0.00129. The molecule has 0 aliphatic carbocycles. The first-order valence-electron chi connectivity index (χ1n) is 4.04. The van der Waals surface area contributed by atoms with E-state index in [-0.39, 0.29) is 20.4 Å². The van der Waals surface area contributed by atoms with E-state index in [2.05, 4.69) is 32.7 Å². The number of hydrogen-bond acceptors (Lipinski definition) is 4. The maximum absolute atomic E-state index is 11.0. The van der Waals surface area contributed by atoms with Crippen molar-refractivity contribution in [3.05, 3.63) is 10.6 Å². The topological polar surface area (TPSA) is 54.4 Å². The SMILES string of the molecule is CCC(=O)Nc1nc(CN=C=S)c[se]1. The molecule has 0 atom stereocenters. The Labute approximate surface area is 93.2 Å². The molecular formula is C8H9N3OSSe. The van der Waals surface area contributed by atoms with Crippen molar-refractivity contribution in [2.24, 2.45) is 4.99 Å². The van der Waals surface area contributed by atoms with Crippen molar-refractivity contribution in [3.63, 3.8) is 0 Å². The second-order valence-electron chi connectivity index (χ2n) is 2.45. The van der Waals surface area contributed by atoms with Crippen molar-refractivity contribution in [3.8, 4) is 0 Å². The van der Waals surface area contributed by atoms with Gasteiger partial charge in [-0.1, -0.05) is 0 Å². The molecule has 0 fully saturated rings. The van der Waals surface area contributed by atoms with Crippen LogP contribution in [0.2, 0.25) is 0 Å². The fraction of sp³-hybridized carbons (Fsp3) is 0.375. The van der Waals surface area contributed by atoms with Gasteiger partial charge in [-0.3, -0.25) is 0 Å². The van der Waals surface area contributed by atoms with E-state index in [9.17, 15) is 4.79 Å². The zero-order valence-corrected chi connectivity index (χ0v) is 10.1. The van der Waals surface area contributed by atoms with Crippen molar-refractivity contribution >= 4 is 42.5 Å². The number of carbonyl (C=O) groups is 1. The average Bonchev–Trinajstić information content (AvgIpc) is 2.62. The van der Waals surface area contributed by atoms with Crippen LogP contribution in [0.4, 0.5) is 4.69 Å². The molecule has 0 aliphatic rings. The fourth-order valence-corrected chi connectivity index (χ4v) is 2.33. The van der Waals surface area contributed by atoms with Crippen molar-refractivity contribution in [1.29, 1.82) is 0 Å². The molecule has 1 amide bonds. The summed E-state index contributed by atoms with van der Waals surface area (Å²) in [5.74, 6) is -0.00129. The predicted octanol–water partition coefficient (Wildman–Crippen LogP) is 1.09. The number of isothiocyanates is 1. The zero-order chi connectivity index (χ0) is 10.4. The molecule has 6 heteroatoms. The number of nitrogens with zero attached hydrogens (tertiary/aromatic N) is 2. The average molecular weight is 274 g/mol. The van der Waals surface area contributed by atoms with Crippen LogP contribution in [0.3, 0.4) is 0 Å². The van der Waals surface area contributed by atoms with E-state index in [1.165, 1.54) is 0 Å². The van der Waals surface area contributed by atoms with Crippen molar-refractivity contribution in [2.75, 3.05) is 5.32 Å². The van der Waals surface area contributed by atoms with Gasteiger partial charge in [0.15, 0.2) is 0 Å². The molecule has 0 bridgehead atoms. The Bertz CT molecular complexity index is 370. The molecule has 0 aromatic carbocycles. The number of aliphatic imine (C=N–C) groups is 1. The van der Waals surface area contributed by atoms with E-state index < -0.39 is 0 Å². The summed E-state index contributed by atoms with van der Waals surface area (Å²) in [6.07, 6.45) is 0.475. The van der Waals surface area contributed by atoms with Crippen LogP contribution in [0.1, 0.15) is 19.0 Å². The number of hydrogen-bond donors (Lipinski definition) is 1. The van der Waals surface area contributed by atoms with Gasteiger partial charge in [-0.15, -0.1) is 0 Å². The molecule has 0 saturated heterocycles. The maximum atomic E-state index is 11.0. The van der Waals surface area contributed by atoms with Crippen LogP contribution in [-0.2, 0) is 11.3 Å². The van der Waals surface area contributed by atoms with E-state index in [1.54, 1.807) is 0 Å². The summed E-state index contributed by atoms with van der Waals surface area (Å²) in [6, 6.07) is 0. The molecule has 1 aromatic rings. The molecule has 4 nitrogen and oxygen atoms in total. The summed E-state index contributed by atoms with van der Waals surface area (Å²) >= 11 is 4.57. The van der Waals surface area contributed by atoms with Crippen molar-refractivity contribution in [2.45, 2.75) is 19.9 Å². The molecule has 1 rings (SSSR count). The Hall–Kier alpha value is -0.801. The summed E-state index contributed by atoms with van der Waals surface area (Å²) in [5, 5.41) is 5.01. The summed E-state index contributed by atoms with van der Waals surface area (Å²) in [4.78, 5) is 21.0. The Morgan fingerprint density at radius 3 is 3.29 bits per heavy atom. The Morgan fingerprint density at radius 1 is 1.86 bits per heavy atom. The molecular weight excluding hydrogens is 265 g/mol. The van der Waals surface area contributed by atoms with Gasteiger partial charge in [0.05, 0.1) is 0 Å². The summed E-state index contributed by atoms with van der Waals surface area (Å²) in [6.45, 7) is 2.26. The molecule has 0 spiro atoms. The fourth-order valence-electron chi connectivity index (χ4n) is 0.758. The standard InChI is InChI=1S/C8H9N3OSSe/c1-2-7(12)11-8-10-6(4-14-8)3-9-5-13/h4H,2-3H2,1H3,(H,10,11,12). The van der Waals surface area contributed by atoms with Crippen LogP contribution in [0.5, 0.6) is 0 Å². The van der Waals surface area contributed by atoms with Gasteiger partial charge in [-0.25, -0.2) is 0 Å². The van der Waals surface area contributed by atoms with Crippen LogP contribution in [-0.4, -0.2) is 30.6 Å². The summed E-state index contributed by atoms with van der Waals surface area (Å²) in [5.41, 5.74) is 0.855. The summed E-state index contributed by atoms with van der Waals surface area (Å²) in [7, 11) is 0. The van der Waals surface area contributed by atoms with Crippen molar-refractivity contribution in [1.82, 2.24) is 4.98 Å². The second-order valence-corrected chi connectivity index (χ2v) is 4.44. The molecule has 0 unspecified atom stereocenters. The first kappa shape index (κ1) is 11.3. The van der Waals surface area contributed by atoms with Gasteiger partial charge in [0.25, 0.3) is 0 Å². The molecule has 1 heterocycles. The zero-order valence-electron chi connectivity index (χ0n) is 7.61. The number of nitrogens with one attached hydrogen (secondary N) is 1. The normalized spacial score (nSPS) is 9.21. The number of anilines is 1. The van der Waals surface area contributed by atoms with Gasteiger partial charge in [0.2, 0.25) is 0 Å². The van der Waals surface area contributed by atoms with E-state index in [0.29, 0.717) is 13.0 Å². The van der Waals surface area contributed by atoms with Crippen LogP contribution >= 0.6 is 12.2 Å². The number of rotatable bonds is 4. The summed E-state index contributed by atoms with van der Waals surface area (Å²) < 4.78 is 0.749. The van der Waals surface area contributed by atoms with E-state index in [4.69, 9.17) is 0 Å². The molecule has 74 valence electrons. The van der Waals surface area contributed by atoms with Crippen LogP contribution in [0, 0.1) is 0 Å². The predicted molar refractivity (Wildman–Crippen MR) is 58.8 cm³/mol. The number of aromatic nitrogens is 1. The van der Waals surface area contributed by atoms with Gasteiger partial charge < -0.3 is 0 Å². The number of amides is 1. The van der Waals surface area contributed by atoms with Gasteiger partial charge in [-0.2, -0.15) is 0 Å². The molecule has 1 N–H and O–H groups in total. The number of thiocarbonyl (C=S) groups is 1. The van der Waals surface area contributed by atoms with Crippen LogP contribution in [0.25, 0.3) is 0 Å². The third kappa shape index (κ3) is 3.52. The Morgan fingerprint density at radius 2 is 2.64 bits per heavy atom. The first-order valence-corrected chi connectivity index (χ1v) is 6.29. The van der Waals surface area contributed by atoms with Gasteiger partial charge in [0, 0.05) is 0 Å². The Balaban J connectivity index is 2.58. The Kier molecular flexibility index (Phi) is 4.70. The number of carbonyl (C=O) groups excluding carboxylic acids is 1. The van der Waals surface area contributed by atoms with Gasteiger partial charge >= 0.3 is 93.1 Å². The molecule has 0 aliphatic heterocycles. The van der Waals surface area contributed by atoms with E-state index in [0.717, 1.165) is 10.4 Å². The quantitative estimate of drug-likeness (QED) is 0.508. The molecule has 0 radical (unpaired) electrons. The van der Waals surface area contributed by atoms with Crippen molar-refractivity contribution < 1.29 is 4.79 Å². The van der Waals surface area contributed by atoms with E-state index >= 15 is 0 Å². The minimum atomic E-state index is -0.00129. The molecule has 1 aromatic heterocycles. The molecule has 0 saturated carbocycles. The third-order valence-electron chi connectivity index (χ3n) is 1.42. The first-order chi connectivity index (χ1) is 6.76.